The molecule has 0 spiro atoms. The molecule has 2 aliphatic rings. The van der Waals surface area contributed by atoms with Gasteiger partial charge in [0.25, 0.3) is 0 Å². The molecule has 0 radical (unpaired) electrons. The molecule has 0 N–H and O–H groups in total. The summed E-state index contributed by atoms with van der Waals surface area (Å²) in [5.74, 6) is 0.313. The largest absolute Gasteiger partial charge is 0.488 e. The summed E-state index contributed by atoms with van der Waals surface area (Å²) in [6, 6.07) is 20.9. The Morgan fingerprint density at radius 3 is 2.09 bits per heavy atom. The van der Waals surface area contributed by atoms with Crippen LogP contribution >= 0.6 is 0 Å². The number of hydrogen-bond acceptors (Lipinski definition) is 5. The fraction of sp³-hybridized carbons (Fsp3) is 0.344. The van der Waals surface area contributed by atoms with E-state index in [1.165, 1.54) is 0 Å². The number of fused-ring (bicyclic) bond motifs is 2. The summed E-state index contributed by atoms with van der Waals surface area (Å²) in [5, 5.41) is 12.2. The Kier molecular flexibility index (Phi) is 7.51. The molecule has 230 valence electrons. The Morgan fingerprint density at radius 2 is 1.52 bits per heavy atom. The summed E-state index contributed by atoms with van der Waals surface area (Å²) in [7, 11) is 1.77. The molecule has 12 heteroatoms. The molecule has 2 fully saturated rings. The van der Waals surface area contributed by atoms with E-state index in [1.54, 1.807) is 11.7 Å². The third kappa shape index (κ3) is 5.36. The quantitative estimate of drug-likeness (QED) is 0.161. The second-order valence-corrected chi connectivity index (χ2v) is 11.3. The number of benzene rings is 3. The number of ether oxygens (including phenoxy) is 1. The third-order valence-electron chi connectivity index (χ3n) is 8.81. The first-order valence-electron chi connectivity index (χ1n) is 14.1. The molecule has 6 nitrogen and oxygen atoms in total. The average Bonchev–Trinajstić information content (AvgIpc) is 3.51. The van der Waals surface area contributed by atoms with Crippen LogP contribution in [0.2, 0.25) is 0 Å². The van der Waals surface area contributed by atoms with E-state index in [0.717, 1.165) is 11.1 Å². The molecule has 0 saturated carbocycles. The van der Waals surface area contributed by atoms with Gasteiger partial charge >= 0.3 is 12.4 Å². The summed E-state index contributed by atoms with van der Waals surface area (Å²) < 4.78 is 90.1. The molecule has 2 saturated heterocycles. The van der Waals surface area contributed by atoms with Crippen LogP contribution in [0, 0.1) is 0 Å². The molecule has 4 aromatic rings. The van der Waals surface area contributed by atoms with E-state index >= 15 is 0 Å². The molecule has 6 rings (SSSR count). The summed E-state index contributed by atoms with van der Waals surface area (Å²) in [4.78, 5) is 2.34. The molecule has 4 atom stereocenters. The zero-order chi connectivity index (χ0) is 31.3. The lowest BCUT2D eigenvalue weighted by Gasteiger charge is -2.50. The van der Waals surface area contributed by atoms with Crippen molar-refractivity contribution in [1.29, 1.82) is 0 Å². The van der Waals surface area contributed by atoms with Crippen LogP contribution in [0.5, 0.6) is 0 Å². The smallest absolute Gasteiger partial charge is 0.416 e. The molecule has 0 amide bonds. The summed E-state index contributed by atoms with van der Waals surface area (Å²) >= 11 is 0. The van der Waals surface area contributed by atoms with Crippen LogP contribution in [0.25, 0.3) is 5.76 Å². The van der Waals surface area contributed by atoms with Crippen molar-refractivity contribution in [2.75, 3.05) is 0 Å². The van der Waals surface area contributed by atoms with Crippen molar-refractivity contribution in [2.24, 2.45) is 7.05 Å². The van der Waals surface area contributed by atoms with Crippen LogP contribution in [0.1, 0.15) is 58.8 Å². The fourth-order valence-electron chi connectivity index (χ4n) is 6.90. The van der Waals surface area contributed by atoms with Gasteiger partial charge in [-0.3, -0.25) is 4.90 Å². The minimum absolute atomic E-state index is 0.0152. The van der Waals surface area contributed by atoms with Crippen LogP contribution in [0.15, 0.2) is 85.4 Å². The summed E-state index contributed by atoms with van der Waals surface area (Å²) in [5.41, 5.74) is -2.09. The van der Waals surface area contributed by atoms with E-state index in [4.69, 9.17) is 4.74 Å². The first-order valence-corrected chi connectivity index (χ1v) is 14.1. The Morgan fingerprint density at radius 1 is 0.909 bits per heavy atom. The van der Waals surface area contributed by atoms with Gasteiger partial charge in [0.2, 0.25) is 0 Å². The monoisotopic (exact) mass is 613 g/mol. The fourth-order valence-corrected chi connectivity index (χ4v) is 6.90. The standard InChI is InChI=1S/C32H29F6N5O/c1-20(22-15-24(31(33,34)35)17-25(16-22)32(36,37)38)44-28-14-13-27-26(29-39-40-41-42(29)2)18-30(28,23-11-7-4-8-12-23)43(27)19-21-9-5-3-6-10-21/h3-12,15-17,26-28H,1,13-14,18-19H2,2H3. The number of hydrogen-bond donors (Lipinski definition) is 0. The Hall–Kier alpha value is -4.19. The summed E-state index contributed by atoms with van der Waals surface area (Å²) in [6.07, 6.45) is -9.02. The van der Waals surface area contributed by atoms with Gasteiger partial charge in [0, 0.05) is 31.1 Å². The SMILES string of the molecule is C=C(OC1CCC2C(c3nnnn3C)CC1(c1ccccc1)N2Cc1ccccc1)c1cc(C(F)(F)F)cc(C(F)(F)F)c1. The molecule has 4 unspecified atom stereocenters. The zero-order valence-corrected chi connectivity index (χ0v) is 23.7. The molecule has 2 bridgehead atoms. The molecular formula is C32H29F6N5O. The van der Waals surface area contributed by atoms with Crippen molar-refractivity contribution in [3.8, 4) is 0 Å². The first-order chi connectivity index (χ1) is 20.9. The topological polar surface area (TPSA) is 56.1 Å². The Labute approximate surface area is 249 Å². The van der Waals surface area contributed by atoms with Gasteiger partial charge in [0.05, 0.1) is 16.7 Å². The molecular weight excluding hydrogens is 584 g/mol. The highest BCUT2D eigenvalue weighted by Gasteiger charge is 2.61. The van der Waals surface area contributed by atoms with Gasteiger partial charge in [0.15, 0.2) is 5.82 Å². The lowest BCUT2D eigenvalue weighted by molar-refractivity contribution is -0.143. The third-order valence-corrected chi connectivity index (χ3v) is 8.81. The second kappa shape index (κ2) is 11.1. The number of aryl methyl sites for hydroxylation is 1. The predicted octanol–water partition coefficient (Wildman–Crippen LogP) is 7.35. The van der Waals surface area contributed by atoms with Crippen LogP contribution in [-0.4, -0.2) is 37.3 Å². The molecule has 0 aliphatic carbocycles. The normalized spacial score (nSPS) is 23.9. The van der Waals surface area contributed by atoms with Crippen molar-refractivity contribution in [1.82, 2.24) is 25.1 Å². The van der Waals surface area contributed by atoms with Crippen LogP contribution in [-0.2, 0) is 36.2 Å². The number of rotatable bonds is 7. The molecule has 2 aliphatic heterocycles. The number of aromatic nitrogens is 4. The molecule has 44 heavy (non-hydrogen) atoms. The van der Waals surface area contributed by atoms with Crippen molar-refractivity contribution >= 4 is 5.76 Å². The van der Waals surface area contributed by atoms with E-state index < -0.39 is 35.1 Å². The van der Waals surface area contributed by atoms with Gasteiger partial charge < -0.3 is 4.74 Å². The van der Waals surface area contributed by atoms with E-state index in [2.05, 4.69) is 27.0 Å². The van der Waals surface area contributed by atoms with Crippen LogP contribution < -0.4 is 0 Å². The van der Waals surface area contributed by atoms with E-state index in [-0.39, 0.29) is 29.3 Å². The van der Waals surface area contributed by atoms with Crippen molar-refractivity contribution in [3.05, 3.63) is 119 Å². The van der Waals surface area contributed by atoms with Gasteiger partial charge in [-0.05, 0) is 59.0 Å². The lowest BCUT2D eigenvalue weighted by atomic mass is 9.78. The lowest BCUT2D eigenvalue weighted by Crippen LogP contribution is -2.56. The van der Waals surface area contributed by atoms with E-state index in [1.807, 2.05) is 60.7 Å². The minimum atomic E-state index is -4.99. The highest BCUT2D eigenvalue weighted by Crippen LogP contribution is 2.58. The maximum absolute atomic E-state index is 13.7. The van der Waals surface area contributed by atoms with Crippen molar-refractivity contribution < 1.29 is 31.1 Å². The highest BCUT2D eigenvalue weighted by atomic mass is 19.4. The first kappa shape index (κ1) is 29.9. The van der Waals surface area contributed by atoms with Crippen LogP contribution in [0.4, 0.5) is 26.3 Å². The Bertz CT molecular complexity index is 1610. The van der Waals surface area contributed by atoms with Crippen LogP contribution in [0.3, 0.4) is 0 Å². The highest BCUT2D eigenvalue weighted by molar-refractivity contribution is 5.60. The number of piperidine rings is 1. The number of halogens is 6. The number of tetrazole rings is 1. The van der Waals surface area contributed by atoms with Crippen molar-refractivity contribution in [2.45, 2.75) is 61.8 Å². The van der Waals surface area contributed by atoms with Gasteiger partial charge in [-0.1, -0.05) is 67.2 Å². The zero-order valence-electron chi connectivity index (χ0n) is 23.7. The number of alkyl halides is 6. The van der Waals surface area contributed by atoms with Gasteiger partial charge in [0.1, 0.15) is 11.9 Å². The van der Waals surface area contributed by atoms with E-state index in [0.29, 0.717) is 43.8 Å². The van der Waals surface area contributed by atoms with Gasteiger partial charge in [-0.15, -0.1) is 5.10 Å². The average molecular weight is 614 g/mol. The summed E-state index contributed by atoms with van der Waals surface area (Å²) in [6.45, 7) is 4.38. The molecule has 3 heterocycles. The minimum Gasteiger partial charge on any atom is -0.488 e. The molecule has 3 aromatic carbocycles. The van der Waals surface area contributed by atoms with Gasteiger partial charge in [-0.2, -0.15) is 26.3 Å². The maximum Gasteiger partial charge on any atom is 0.416 e. The maximum atomic E-state index is 13.7. The van der Waals surface area contributed by atoms with E-state index in [9.17, 15) is 26.3 Å². The second-order valence-electron chi connectivity index (χ2n) is 11.3. The molecule has 1 aromatic heterocycles. The van der Waals surface area contributed by atoms with Gasteiger partial charge in [-0.25, -0.2) is 4.68 Å². The predicted molar refractivity (Wildman–Crippen MR) is 150 cm³/mol. The van der Waals surface area contributed by atoms with Crippen molar-refractivity contribution in [3.63, 3.8) is 0 Å². The number of nitrogens with zero attached hydrogens (tertiary/aromatic N) is 5. The Balaban J connectivity index is 1.45.